The number of anilines is 5. The lowest BCUT2D eigenvalue weighted by molar-refractivity contribution is 0.266. The molecular formula is C23H30N8O. The van der Waals surface area contributed by atoms with E-state index in [0.717, 1.165) is 73.2 Å². The molecule has 32 heavy (non-hydrogen) atoms. The average Bonchev–Trinajstić information content (AvgIpc) is 3.48. The summed E-state index contributed by atoms with van der Waals surface area (Å²) >= 11 is 0. The molecule has 0 amide bonds. The summed E-state index contributed by atoms with van der Waals surface area (Å²) in [5.74, 6) is 1.48. The van der Waals surface area contributed by atoms with E-state index in [0.29, 0.717) is 5.95 Å². The predicted molar refractivity (Wildman–Crippen MR) is 127 cm³/mol. The van der Waals surface area contributed by atoms with Crippen molar-refractivity contribution < 1.29 is 5.11 Å². The van der Waals surface area contributed by atoms with Gasteiger partial charge in [-0.1, -0.05) is 0 Å². The summed E-state index contributed by atoms with van der Waals surface area (Å²) in [5, 5.41) is 13.0. The fraction of sp³-hybridized carbons (Fsp3) is 0.435. The molecule has 4 heterocycles. The van der Waals surface area contributed by atoms with Gasteiger partial charge in [-0.3, -0.25) is 0 Å². The zero-order valence-electron chi connectivity index (χ0n) is 18.6. The van der Waals surface area contributed by atoms with Crippen LogP contribution in [0.5, 0.6) is 0 Å². The Labute approximate surface area is 188 Å². The van der Waals surface area contributed by atoms with Crippen molar-refractivity contribution in [1.82, 2.24) is 19.9 Å². The molecule has 1 fully saturated rings. The summed E-state index contributed by atoms with van der Waals surface area (Å²) in [4.78, 5) is 23.7. The lowest BCUT2D eigenvalue weighted by Crippen LogP contribution is -2.32. The highest BCUT2D eigenvalue weighted by molar-refractivity contribution is 5.69. The molecule has 9 nitrogen and oxygen atoms in total. The van der Waals surface area contributed by atoms with E-state index in [9.17, 15) is 5.11 Å². The van der Waals surface area contributed by atoms with Gasteiger partial charge in [-0.2, -0.15) is 4.98 Å². The first-order chi connectivity index (χ1) is 15.6. The maximum Gasteiger partial charge on any atom is 0.229 e. The number of imidazole rings is 1. The Hall–Kier alpha value is -3.33. The maximum absolute atomic E-state index is 9.60. The van der Waals surface area contributed by atoms with E-state index >= 15 is 0 Å². The third-order valence-corrected chi connectivity index (χ3v) is 6.35. The first-order valence-corrected chi connectivity index (χ1v) is 11.2. The number of aliphatic hydroxyl groups is 1. The van der Waals surface area contributed by atoms with Crippen LogP contribution in [0.2, 0.25) is 0 Å². The summed E-state index contributed by atoms with van der Waals surface area (Å²) in [6.07, 6.45) is 6.70. The zero-order chi connectivity index (χ0) is 22.1. The van der Waals surface area contributed by atoms with Gasteiger partial charge in [0.2, 0.25) is 5.95 Å². The number of nitrogens with one attached hydrogen (secondary N) is 2. The van der Waals surface area contributed by atoms with Crippen molar-refractivity contribution in [3.05, 3.63) is 48.2 Å². The summed E-state index contributed by atoms with van der Waals surface area (Å²) in [6.45, 7) is 2.81. The minimum atomic E-state index is 0.200. The SMILES string of the molecule is CN(C)c1cnc(Nc2ccc(N3CCC[C@H]3CO)cc2)nc1N1CCc2nc[nH]c2C1. The largest absolute Gasteiger partial charge is 0.394 e. The van der Waals surface area contributed by atoms with Gasteiger partial charge in [0.15, 0.2) is 5.82 Å². The quantitative estimate of drug-likeness (QED) is 0.545. The van der Waals surface area contributed by atoms with Gasteiger partial charge in [0.1, 0.15) is 0 Å². The van der Waals surface area contributed by atoms with Crippen LogP contribution in [0.4, 0.5) is 28.8 Å². The number of fused-ring (bicyclic) bond motifs is 1. The third-order valence-electron chi connectivity index (χ3n) is 6.35. The Balaban J connectivity index is 1.36. The molecule has 168 valence electrons. The third kappa shape index (κ3) is 3.95. The van der Waals surface area contributed by atoms with E-state index in [1.807, 2.05) is 37.3 Å². The molecule has 0 saturated carbocycles. The molecule has 1 atom stereocenters. The van der Waals surface area contributed by atoms with Gasteiger partial charge < -0.3 is 30.1 Å². The van der Waals surface area contributed by atoms with Crippen molar-refractivity contribution in [3.8, 4) is 0 Å². The number of aliphatic hydroxyl groups excluding tert-OH is 1. The number of aromatic amines is 1. The molecule has 1 aromatic carbocycles. The molecule has 0 unspecified atom stereocenters. The summed E-state index contributed by atoms with van der Waals surface area (Å²) in [7, 11) is 4.02. The lowest BCUT2D eigenvalue weighted by atomic mass is 10.1. The molecule has 0 aliphatic carbocycles. The van der Waals surface area contributed by atoms with Crippen molar-refractivity contribution in [2.45, 2.75) is 31.8 Å². The summed E-state index contributed by atoms with van der Waals surface area (Å²) in [5.41, 5.74) is 5.35. The first-order valence-electron chi connectivity index (χ1n) is 11.2. The van der Waals surface area contributed by atoms with Gasteiger partial charge in [-0.25, -0.2) is 9.97 Å². The second-order valence-corrected chi connectivity index (χ2v) is 8.64. The normalized spacial score (nSPS) is 18.0. The van der Waals surface area contributed by atoms with Crippen LogP contribution in [0.15, 0.2) is 36.8 Å². The number of aromatic nitrogens is 4. The predicted octanol–water partition coefficient (Wildman–Crippen LogP) is 2.53. The second-order valence-electron chi connectivity index (χ2n) is 8.64. The Kier molecular flexibility index (Phi) is 5.57. The van der Waals surface area contributed by atoms with Crippen LogP contribution in [0.3, 0.4) is 0 Å². The van der Waals surface area contributed by atoms with Crippen molar-refractivity contribution in [2.75, 3.05) is 53.8 Å². The molecule has 0 bridgehead atoms. The molecule has 2 aliphatic heterocycles. The van der Waals surface area contributed by atoms with E-state index in [2.05, 4.69) is 42.2 Å². The maximum atomic E-state index is 9.60. The van der Waals surface area contributed by atoms with Crippen LogP contribution < -0.4 is 20.0 Å². The fourth-order valence-electron chi connectivity index (χ4n) is 4.60. The Morgan fingerprint density at radius 2 is 2.03 bits per heavy atom. The number of hydrogen-bond donors (Lipinski definition) is 3. The number of nitrogens with zero attached hydrogens (tertiary/aromatic N) is 6. The van der Waals surface area contributed by atoms with Crippen molar-refractivity contribution in [3.63, 3.8) is 0 Å². The fourth-order valence-corrected chi connectivity index (χ4v) is 4.60. The topological polar surface area (TPSA) is 96.4 Å². The minimum absolute atomic E-state index is 0.200. The number of H-pyrrole nitrogens is 1. The molecule has 3 N–H and O–H groups in total. The van der Waals surface area contributed by atoms with E-state index < -0.39 is 0 Å². The van der Waals surface area contributed by atoms with E-state index in [1.54, 1.807) is 6.33 Å². The van der Waals surface area contributed by atoms with Crippen LogP contribution in [0.1, 0.15) is 24.2 Å². The van der Waals surface area contributed by atoms with Crippen molar-refractivity contribution in [1.29, 1.82) is 0 Å². The van der Waals surface area contributed by atoms with Crippen LogP contribution in [-0.2, 0) is 13.0 Å². The number of rotatable bonds is 6. The monoisotopic (exact) mass is 434 g/mol. The molecule has 3 aromatic rings. The van der Waals surface area contributed by atoms with Gasteiger partial charge >= 0.3 is 0 Å². The van der Waals surface area contributed by atoms with Crippen LogP contribution in [-0.4, -0.2) is 64.9 Å². The second kappa shape index (κ2) is 8.66. The zero-order valence-corrected chi connectivity index (χ0v) is 18.6. The molecule has 5 rings (SSSR count). The standard InChI is InChI=1S/C23H30N8O/c1-29(2)21-12-24-23(28-22(21)30-11-9-19-20(13-30)26-15-25-19)27-16-5-7-17(8-6-16)31-10-3-4-18(31)14-32/h5-8,12,15,18,32H,3-4,9-11,13-14H2,1-2H3,(H,25,26)(H,24,27,28)/t18-/m0/s1. The van der Waals surface area contributed by atoms with E-state index in [1.165, 1.54) is 0 Å². The highest BCUT2D eigenvalue weighted by Crippen LogP contribution is 2.31. The molecule has 2 aromatic heterocycles. The molecule has 0 radical (unpaired) electrons. The van der Waals surface area contributed by atoms with E-state index in [4.69, 9.17) is 4.98 Å². The molecule has 1 saturated heterocycles. The minimum Gasteiger partial charge on any atom is -0.394 e. The highest BCUT2D eigenvalue weighted by Gasteiger charge is 2.25. The average molecular weight is 435 g/mol. The van der Waals surface area contributed by atoms with Crippen LogP contribution in [0, 0.1) is 0 Å². The van der Waals surface area contributed by atoms with Crippen LogP contribution in [0.25, 0.3) is 0 Å². The van der Waals surface area contributed by atoms with Crippen molar-refractivity contribution in [2.24, 2.45) is 0 Å². The summed E-state index contributed by atoms with van der Waals surface area (Å²) < 4.78 is 0. The van der Waals surface area contributed by atoms with Gasteiger partial charge in [0.05, 0.1) is 48.8 Å². The molecule has 2 aliphatic rings. The number of hydrogen-bond acceptors (Lipinski definition) is 8. The van der Waals surface area contributed by atoms with Crippen molar-refractivity contribution >= 4 is 28.8 Å². The molecule has 9 heteroatoms. The smallest absolute Gasteiger partial charge is 0.229 e. The van der Waals surface area contributed by atoms with Crippen LogP contribution >= 0.6 is 0 Å². The molecule has 0 spiro atoms. The Morgan fingerprint density at radius 1 is 1.19 bits per heavy atom. The van der Waals surface area contributed by atoms with Gasteiger partial charge in [-0.15, -0.1) is 0 Å². The lowest BCUT2D eigenvalue weighted by Gasteiger charge is -2.30. The molecular weight excluding hydrogens is 404 g/mol. The first kappa shape index (κ1) is 20.6. The Bertz CT molecular complexity index is 1060. The van der Waals surface area contributed by atoms with Gasteiger partial charge in [0.25, 0.3) is 0 Å². The van der Waals surface area contributed by atoms with Gasteiger partial charge in [0, 0.05) is 45.0 Å². The van der Waals surface area contributed by atoms with Gasteiger partial charge in [-0.05, 0) is 37.1 Å². The Morgan fingerprint density at radius 3 is 2.81 bits per heavy atom. The van der Waals surface area contributed by atoms with E-state index in [-0.39, 0.29) is 12.6 Å². The number of benzene rings is 1. The summed E-state index contributed by atoms with van der Waals surface area (Å²) in [6, 6.07) is 8.50. The highest BCUT2D eigenvalue weighted by atomic mass is 16.3.